The van der Waals surface area contributed by atoms with Gasteiger partial charge in [0.25, 0.3) is 0 Å². The van der Waals surface area contributed by atoms with Crippen LogP contribution >= 0.6 is 18.9 Å². The lowest BCUT2D eigenvalue weighted by Crippen LogP contribution is -2.54. The first-order valence-corrected chi connectivity index (χ1v) is 15.5. The van der Waals surface area contributed by atoms with Crippen molar-refractivity contribution in [3.05, 3.63) is 83.0 Å². The topological polar surface area (TPSA) is 120 Å². The number of benzene rings is 2. The van der Waals surface area contributed by atoms with Gasteiger partial charge in [0.15, 0.2) is 0 Å². The quantitative estimate of drug-likeness (QED) is 0.216. The number of nitrogens with one attached hydrogen (secondary N) is 1. The van der Waals surface area contributed by atoms with E-state index < -0.39 is 36.2 Å². The van der Waals surface area contributed by atoms with Crippen LogP contribution in [0.4, 0.5) is 8.78 Å². The van der Waals surface area contributed by atoms with Crippen molar-refractivity contribution in [3.63, 3.8) is 0 Å². The summed E-state index contributed by atoms with van der Waals surface area (Å²) in [5.74, 6) is -0.749. The van der Waals surface area contributed by atoms with Gasteiger partial charge in [0.05, 0.1) is 10.9 Å². The second-order valence-electron chi connectivity index (χ2n) is 11.0. The van der Waals surface area contributed by atoms with Gasteiger partial charge < -0.3 is 20.0 Å². The fraction of sp³-hybridized carbons (Fsp3) is 0.345. The second-order valence-corrected chi connectivity index (χ2v) is 13.7. The number of hydrogen-bond acceptors (Lipinski definition) is 5. The van der Waals surface area contributed by atoms with E-state index in [1.54, 1.807) is 16.2 Å². The monoisotopic (exact) mass is 603 g/mol. The molecule has 218 valence electrons. The second kappa shape index (κ2) is 11.9. The standard InChI is InChI=1S/C29H32F2N3O5PS/c1-28(2,3)25(33-24(35)16-13-19-11-14-21(15-12-19)29(30,31)40(37,38)39)27(36)34-17-7-10-22(34)26-32-18-23(41-26)20-8-5-4-6-9-20/h4-6,8-9,11-16,18,22,25H,7,10,17H2,1-3H3,(H,33,35)(H2,37,38,39)/b16-13+/t22-,25+/m0/s1. The van der Waals surface area contributed by atoms with Gasteiger partial charge in [-0.2, -0.15) is 8.78 Å². The molecule has 12 heteroatoms. The molecule has 3 aromatic rings. The summed E-state index contributed by atoms with van der Waals surface area (Å²) in [5, 5.41) is 3.65. The first-order chi connectivity index (χ1) is 19.2. The number of amides is 2. The summed E-state index contributed by atoms with van der Waals surface area (Å²) >= 11 is 1.55. The lowest BCUT2D eigenvalue weighted by molar-refractivity contribution is -0.139. The van der Waals surface area contributed by atoms with Crippen LogP contribution in [0.3, 0.4) is 0 Å². The predicted octanol–water partition coefficient (Wildman–Crippen LogP) is 5.94. The minimum Gasteiger partial charge on any atom is -0.340 e. The van der Waals surface area contributed by atoms with Gasteiger partial charge in [-0.05, 0) is 35.5 Å². The molecule has 0 spiro atoms. The molecule has 2 aromatic carbocycles. The van der Waals surface area contributed by atoms with E-state index in [1.807, 2.05) is 57.3 Å². The van der Waals surface area contributed by atoms with Crippen LogP contribution in [0.1, 0.15) is 55.8 Å². The van der Waals surface area contributed by atoms with Crippen molar-refractivity contribution in [2.75, 3.05) is 6.54 Å². The largest absolute Gasteiger partial charge is 0.399 e. The lowest BCUT2D eigenvalue weighted by atomic mass is 9.85. The van der Waals surface area contributed by atoms with Crippen LogP contribution in [0.15, 0.2) is 66.9 Å². The predicted molar refractivity (Wildman–Crippen MR) is 154 cm³/mol. The first-order valence-electron chi connectivity index (χ1n) is 13.0. The number of carbonyl (C=O) groups excluding carboxylic acids is 2. The highest BCUT2D eigenvalue weighted by Gasteiger charge is 2.50. The van der Waals surface area contributed by atoms with Gasteiger partial charge in [-0.3, -0.25) is 14.2 Å². The van der Waals surface area contributed by atoms with E-state index in [4.69, 9.17) is 9.79 Å². The van der Waals surface area contributed by atoms with E-state index in [0.29, 0.717) is 12.1 Å². The summed E-state index contributed by atoms with van der Waals surface area (Å²) in [6.07, 6.45) is 5.98. The first kappa shape index (κ1) is 30.7. The van der Waals surface area contributed by atoms with Crippen molar-refractivity contribution < 1.29 is 32.7 Å². The molecule has 2 heterocycles. The number of carbonyl (C=O) groups is 2. The van der Waals surface area contributed by atoms with Gasteiger partial charge in [-0.15, -0.1) is 11.3 Å². The van der Waals surface area contributed by atoms with Crippen molar-refractivity contribution in [1.82, 2.24) is 15.2 Å². The van der Waals surface area contributed by atoms with E-state index in [1.165, 1.54) is 24.3 Å². The highest BCUT2D eigenvalue weighted by molar-refractivity contribution is 7.52. The molecule has 0 saturated carbocycles. The third-order valence-corrected chi connectivity index (χ3v) is 8.99. The Bertz CT molecular complexity index is 1470. The molecule has 41 heavy (non-hydrogen) atoms. The van der Waals surface area contributed by atoms with Crippen molar-refractivity contribution in [2.24, 2.45) is 5.41 Å². The van der Waals surface area contributed by atoms with E-state index in [0.717, 1.165) is 40.4 Å². The van der Waals surface area contributed by atoms with Gasteiger partial charge in [0.1, 0.15) is 11.0 Å². The van der Waals surface area contributed by atoms with Crippen LogP contribution in [0.5, 0.6) is 0 Å². The molecule has 1 aliphatic rings. The molecule has 0 radical (unpaired) electrons. The molecule has 1 aromatic heterocycles. The normalized spacial score (nSPS) is 17.1. The van der Waals surface area contributed by atoms with Crippen molar-refractivity contribution in [1.29, 1.82) is 0 Å². The average Bonchev–Trinajstić information content (AvgIpc) is 3.60. The van der Waals surface area contributed by atoms with Crippen LogP contribution in [-0.4, -0.2) is 44.1 Å². The third-order valence-electron chi connectivity index (χ3n) is 6.85. The summed E-state index contributed by atoms with van der Waals surface area (Å²) in [5.41, 5.74) is -4.34. The van der Waals surface area contributed by atoms with Crippen molar-refractivity contribution in [2.45, 2.75) is 51.4 Å². The molecule has 8 nitrogen and oxygen atoms in total. The van der Waals surface area contributed by atoms with Gasteiger partial charge in [-0.1, -0.05) is 75.4 Å². The van der Waals surface area contributed by atoms with Crippen LogP contribution in [0.25, 0.3) is 16.5 Å². The zero-order valence-corrected chi connectivity index (χ0v) is 24.5. The number of alkyl halides is 2. The van der Waals surface area contributed by atoms with E-state index in [2.05, 4.69) is 10.3 Å². The number of aromatic nitrogens is 1. The summed E-state index contributed by atoms with van der Waals surface area (Å²) in [6, 6.07) is 13.1. The van der Waals surface area contributed by atoms with Gasteiger partial charge >= 0.3 is 13.3 Å². The molecule has 1 aliphatic heterocycles. The number of likely N-dealkylation sites (tertiary alicyclic amines) is 1. The fourth-order valence-electron chi connectivity index (χ4n) is 4.60. The van der Waals surface area contributed by atoms with Crippen molar-refractivity contribution >= 4 is 36.8 Å². The maximum absolute atomic E-state index is 13.9. The molecule has 1 saturated heterocycles. The van der Waals surface area contributed by atoms with Crippen molar-refractivity contribution in [3.8, 4) is 10.4 Å². The molecule has 2 amide bonds. The molecule has 0 aliphatic carbocycles. The molecule has 0 bridgehead atoms. The minimum absolute atomic E-state index is 0.188. The number of rotatable bonds is 8. The smallest absolute Gasteiger partial charge is 0.340 e. The van der Waals surface area contributed by atoms with Gasteiger partial charge in [0.2, 0.25) is 11.8 Å². The van der Waals surface area contributed by atoms with Crippen LogP contribution < -0.4 is 5.32 Å². The summed E-state index contributed by atoms with van der Waals surface area (Å²) < 4.78 is 38.9. The van der Waals surface area contributed by atoms with Crippen LogP contribution in [-0.2, 0) is 19.8 Å². The molecule has 4 rings (SSSR count). The summed E-state index contributed by atoms with van der Waals surface area (Å²) in [7, 11) is -5.68. The van der Waals surface area contributed by atoms with Gasteiger partial charge in [-0.25, -0.2) is 4.98 Å². The number of nitrogens with zero attached hydrogens (tertiary/aromatic N) is 2. The van der Waals surface area contributed by atoms with E-state index >= 15 is 0 Å². The third kappa shape index (κ3) is 6.98. The Labute approximate surface area is 241 Å². The van der Waals surface area contributed by atoms with E-state index in [-0.39, 0.29) is 11.9 Å². The average molecular weight is 604 g/mol. The molecule has 3 N–H and O–H groups in total. The molecular weight excluding hydrogens is 571 g/mol. The SMILES string of the molecule is CC(C)(C)[C@H](NC(=O)/C=C/c1ccc(C(F)(F)P(=O)(O)O)cc1)C(=O)N1CCC[C@H]1c1ncc(-c2ccccc2)s1. The molecule has 2 atom stereocenters. The molecule has 0 unspecified atom stereocenters. The maximum atomic E-state index is 13.9. The Balaban J connectivity index is 1.46. The minimum atomic E-state index is -5.68. The number of halogens is 2. The highest BCUT2D eigenvalue weighted by Crippen LogP contribution is 2.59. The number of thiazole rings is 1. The van der Waals surface area contributed by atoms with Gasteiger partial charge in [0, 0.05) is 24.4 Å². The zero-order valence-electron chi connectivity index (χ0n) is 22.8. The highest BCUT2D eigenvalue weighted by atomic mass is 32.1. The Kier molecular flexibility index (Phi) is 8.94. The Hall–Kier alpha value is -3.24. The van der Waals surface area contributed by atoms with Crippen LogP contribution in [0.2, 0.25) is 0 Å². The Morgan fingerprint density at radius 2 is 1.78 bits per heavy atom. The Morgan fingerprint density at radius 3 is 2.39 bits per heavy atom. The van der Waals surface area contributed by atoms with E-state index in [9.17, 15) is 22.9 Å². The number of hydrogen-bond donors (Lipinski definition) is 3. The lowest BCUT2D eigenvalue weighted by Gasteiger charge is -2.35. The molecular formula is C29H32F2N3O5PS. The zero-order chi connectivity index (χ0) is 30.0. The fourth-order valence-corrected chi connectivity index (χ4v) is 6.16. The molecule has 1 fully saturated rings. The summed E-state index contributed by atoms with van der Waals surface area (Å²) in [6.45, 7) is 6.14. The Morgan fingerprint density at radius 1 is 1.12 bits per heavy atom. The van der Waals surface area contributed by atoms with Crippen LogP contribution in [0, 0.1) is 5.41 Å². The summed E-state index contributed by atoms with van der Waals surface area (Å²) in [4.78, 5) is 51.9. The maximum Gasteiger partial charge on any atom is 0.399 e.